The third kappa shape index (κ3) is 1.78. The van der Waals surface area contributed by atoms with E-state index in [0.717, 1.165) is 13.0 Å². The average molecular weight is 256 g/mol. The summed E-state index contributed by atoms with van der Waals surface area (Å²) in [4.78, 5) is 6.75. The number of H-pyrrole nitrogens is 1. The first kappa shape index (κ1) is 11.2. The second kappa shape index (κ2) is 3.79. The Bertz CT molecular complexity index is 512. The minimum atomic E-state index is -3.38. The Balaban J connectivity index is 1.85. The largest absolute Gasteiger partial charge is 0.332 e. The Kier molecular flexibility index (Phi) is 2.49. The van der Waals surface area contributed by atoms with Gasteiger partial charge in [0, 0.05) is 19.1 Å². The number of nitrogens with one attached hydrogen (secondary N) is 2. The van der Waals surface area contributed by atoms with Crippen LogP contribution in [-0.4, -0.2) is 48.4 Å². The first-order valence-electron chi connectivity index (χ1n) is 5.82. The van der Waals surface area contributed by atoms with Gasteiger partial charge in [0.05, 0.1) is 6.20 Å². The highest BCUT2D eigenvalue weighted by molar-refractivity contribution is 7.89. The fourth-order valence-electron chi connectivity index (χ4n) is 2.67. The van der Waals surface area contributed by atoms with E-state index in [1.165, 1.54) is 6.20 Å². The second-order valence-corrected chi connectivity index (χ2v) is 6.67. The van der Waals surface area contributed by atoms with Gasteiger partial charge in [0.25, 0.3) is 10.0 Å². The third-order valence-corrected chi connectivity index (χ3v) is 5.37. The molecule has 3 heterocycles. The molecular weight excluding hydrogens is 240 g/mol. The summed E-state index contributed by atoms with van der Waals surface area (Å²) in [6.07, 6.45) is 2.46. The van der Waals surface area contributed by atoms with Gasteiger partial charge in [-0.05, 0) is 25.8 Å². The van der Waals surface area contributed by atoms with Gasteiger partial charge in [0.2, 0.25) is 0 Å². The molecule has 0 bridgehead atoms. The van der Waals surface area contributed by atoms with Gasteiger partial charge in [-0.25, -0.2) is 13.4 Å². The Hall–Kier alpha value is -0.920. The van der Waals surface area contributed by atoms with E-state index in [9.17, 15) is 8.42 Å². The lowest BCUT2D eigenvalue weighted by atomic mass is 10.1. The number of imidazole rings is 1. The number of aryl methyl sites for hydroxylation is 1. The van der Waals surface area contributed by atoms with Crippen LogP contribution < -0.4 is 5.32 Å². The highest BCUT2D eigenvalue weighted by Crippen LogP contribution is 2.28. The number of aromatic amines is 1. The molecule has 0 saturated carbocycles. The van der Waals surface area contributed by atoms with Gasteiger partial charge < -0.3 is 10.3 Å². The Morgan fingerprint density at radius 2 is 2.29 bits per heavy atom. The normalized spacial score (nSPS) is 29.7. The lowest BCUT2D eigenvalue weighted by Gasteiger charge is -2.15. The molecule has 2 aliphatic rings. The van der Waals surface area contributed by atoms with Gasteiger partial charge in [-0.15, -0.1) is 0 Å². The topological polar surface area (TPSA) is 78.1 Å². The molecule has 0 aromatic carbocycles. The van der Waals surface area contributed by atoms with Crippen molar-refractivity contribution in [1.29, 1.82) is 0 Å². The van der Waals surface area contributed by atoms with Crippen molar-refractivity contribution in [1.82, 2.24) is 19.6 Å². The van der Waals surface area contributed by atoms with Crippen molar-refractivity contribution >= 4 is 10.0 Å². The number of fused-ring (bicyclic) bond motifs is 1. The van der Waals surface area contributed by atoms with E-state index in [1.807, 2.05) is 0 Å². The van der Waals surface area contributed by atoms with Crippen molar-refractivity contribution < 1.29 is 8.42 Å². The molecule has 2 atom stereocenters. The molecule has 1 aromatic heterocycles. The van der Waals surface area contributed by atoms with Crippen LogP contribution in [0.1, 0.15) is 12.2 Å². The smallest absolute Gasteiger partial charge is 0.260 e. The van der Waals surface area contributed by atoms with E-state index in [-0.39, 0.29) is 5.03 Å². The van der Waals surface area contributed by atoms with Crippen molar-refractivity contribution in [3.8, 4) is 0 Å². The van der Waals surface area contributed by atoms with E-state index < -0.39 is 10.0 Å². The molecule has 0 amide bonds. The molecule has 0 unspecified atom stereocenters. The molecule has 2 fully saturated rings. The summed E-state index contributed by atoms with van der Waals surface area (Å²) in [6, 6.07) is 0.328. The summed E-state index contributed by atoms with van der Waals surface area (Å²) in [5.74, 6) is 1.09. The van der Waals surface area contributed by atoms with Crippen LogP contribution in [0.4, 0.5) is 0 Å². The average Bonchev–Trinajstić information content (AvgIpc) is 2.89. The molecular formula is C10H16N4O2S. The van der Waals surface area contributed by atoms with Gasteiger partial charge >= 0.3 is 0 Å². The number of rotatable bonds is 2. The van der Waals surface area contributed by atoms with Crippen molar-refractivity contribution in [3.63, 3.8) is 0 Å². The summed E-state index contributed by atoms with van der Waals surface area (Å²) in [5.41, 5.74) is 0. The zero-order chi connectivity index (χ0) is 12.0. The maximum absolute atomic E-state index is 12.3. The third-order valence-electron chi connectivity index (χ3n) is 3.63. The first-order chi connectivity index (χ1) is 8.07. The lowest BCUT2D eigenvalue weighted by molar-refractivity contribution is 0.446. The number of sulfonamides is 1. The van der Waals surface area contributed by atoms with Crippen LogP contribution in [0.2, 0.25) is 0 Å². The van der Waals surface area contributed by atoms with Gasteiger partial charge in [0.15, 0.2) is 5.03 Å². The summed E-state index contributed by atoms with van der Waals surface area (Å²) < 4.78 is 26.2. The van der Waals surface area contributed by atoms with E-state index in [0.29, 0.717) is 30.9 Å². The highest BCUT2D eigenvalue weighted by Gasteiger charge is 2.41. The van der Waals surface area contributed by atoms with Gasteiger partial charge in [-0.2, -0.15) is 4.31 Å². The number of nitrogens with zero attached hydrogens (tertiary/aromatic N) is 2. The molecule has 3 rings (SSSR count). The maximum atomic E-state index is 12.3. The molecule has 2 saturated heterocycles. The molecule has 0 spiro atoms. The zero-order valence-corrected chi connectivity index (χ0v) is 10.5. The fraction of sp³-hybridized carbons (Fsp3) is 0.700. The van der Waals surface area contributed by atoms with Crippen molar-refractivity contribution in [2.24, 2.45) is 5.92 Å². The first-order valence-corrected chi connectivity index (χ1v) is 7.26. The van der Waals surface area contributed by atoms with Crippen molar-refractivity contribution in [3.05, 3.63) is 12.0 Å². The molecule has 94 valence electrons. The molecule has 17 heavy (non-hydrogen) atoms. The molecule has 2 N–H and O–H groups in total. The molecule has 6 nitrogen and oxygen atoms in total. The van der Waals surface area contributed by atoms with Crippen LogP contribution in [0.15, 0.2) is 11.2 Å². The lowest BCUT2D eigenvalue weighted by Crippen LogP contribution is -2.34. The Labute approximate surface area is 100 Å². The zero-order valence-electron chi connectivity index (χ0n) is 9.68. The van der Waals surface area contributed by atoms with Gasteiger partial charge in [0.1, 0.15) is 5.82 Å². The fourth-order valence-corrected chi connectivity index (χ4v) is 4.16. The van der Waals surface area contributed by atoms with Crippen LogP contribution in [-0.2, 0) is 10.0 Å². The van der Waals surface area contributed by atoms with Crippen LogP contribution in [0.25, 0.3) is 0 Å². The number of hydrogen-bond acceptors (Lipinski definition) is 4. The van der Waals surface area contributed by atoms with E-state index in [4.69, 9.17) is 0 Å². The van der Waals surface area contributed by atoms with Gasteiger partial charge in [-0.1, -0.05) is 0 Å². The van der Waals surface area contributed by atoms with E-state index >= 15 is 0 Å². The maximum Gasteiger partial charge on any atom is 0.260 e. The summed E-state index contributed by atoms with van der Waals surface area (Å²) in [6.45, 7) is 3.95. The summed E-state index contributed by atoms with van der Waals surface area (Å²) in [5, 5.41) is 3.55. The highest BCUT2D eigenvalue weighted by atomic mass is 32.2. The number of aromatic nitrogens is 2. The minimum absolute atomic E-state index is 0.204. The van der Waals surface area contributed by atoms with E-state index in [2.05, 4.69) is 15.3 Å². The Morgan fingerprint density at radius 3 is 2.94 bits per heavy atom. The van der Waals surface area contributed by atoms with E-state index in [1.54, 1.807) is 11.2 Å². The molecule has 0 aliphatic carbocycles. The van der Waals surface area contributed by atoms with Crippen molar-refractivity contribution in [2.45, 2.75) is 24.4 Å². The number of hydrogen-bond donors (Lipinski definition) is 2. The molecule has 7 heteroatoms. The predicted octanol–water partition coefficient (Wildman–Crippen LogP) is -0.299. The van der Waals surface area contributed by atoms with Crippen molar-refractivity contribution in [2.75, 3.05) is 19.6 Å². The summed E-state index contributed by atoms with van der Waals surface area (Å²) >= 11 is 0. The van der Waals surface area contributed by atoms with Crippen LogP contribution in [0, 0.1) is 12.8 Å². The minimum Gasteiger partial charge on any atom is -0.332 e. The van der Waals surface area contributed by atoms with Crippen LogP contribution >= 0.6 is 0 Å². The monoisotopic (exact) mass is 256 g/mol. The Morgan fingerprint density at radius 1 is 1.47 bits per heavy atom. The van der Waals surface area contributed by atoms with Gasteiger partial charge in [-0.3, -0.25) is 0 Å². The molecule has 1 aromatic rings. The standard InChI is InChI=1S/C10H16N4O2S/c1-7-12-4-10(13-7)17(15,16)14-5-8-2-3-11-9(8)6-14/h4,8-9,11H,2-3,5-6H2,1H3,(H,12,13)/t8-,9+/m0/s1. The van der Waals surface area contributed by atoms with Crippen LogP contribution in [0.3, 0.4) is 0 Å². The quantitative estimate of drug-likeness (QED) is 0.761. The second-order valence-electron chi connectivity index (χ2n) is 4.76. The SMILES string of the molecule is Cc1ncc(S(=O)(=O)N2C[C@@H]3CCN[C@@H]3C2)[nH]1. The molecule has 0 radical (unpaired) electrons. The summed E-state index contributed by atoms with van der Waals surface area (Å²) in [7, 11) is -3.38. The molecule has 2 aliphatic heterocycles. The predicted molar refractivity (Wildman–Crippen MR) is 62.0 cm³/mol. The van der Waals surface area contributed by atoms with Crippen LogP contribution in [0.5, 0.6) is 0 Å².